The monoisotopic (exact) mass is 420 g/mol. The minimum Gasteiger partial charge on any atom is -0.328 e. The number of fused-ring (bicyclic) bond motifs is 1. The molecule has 2 amide bonds. The molecule has 9 heteroatoms. The Balaban J connectivity index is 1.93. The van der Waals surface area contributed by atoms with Crippen molar-refractivity contribution in [3.8, 4) is 0 Å². The van der Waals surface area contributed by atoms with E-state index < -0.39 is 35.6 Å². The summed E-state index contributed by atoms with van der Waals surface area (Å²) < 4.78 is 39.5. The van der Waals surface area contributed by atoms with Gasteiger partial charge < -0.3 is 4.84 Å². The SMILES string of the molecule is CCN(CC)C(C(=O)ON1C(=O)c2ccccc2C1=O)c1cccc(C(F)(F)F)c1. The number of hydroxylamine groups is 2. The van der Waals surface area contributed by atoms with Gasteiger partial charge in [-0.2, -0.15) is 13.2 Å². The summed E-state index contributed by atoms with van der Waals surface area (Å²) in [6.45, 7) is 4.13. The van der Waals surface area contributed by atoms with Gasteiger partial charge in [0.15, 0.2) is 0 Å². The summed E-state index contributed by atoms with van der Waals surface area (Å²) in [5.74, 6) is -2.62. The summed E-state index contributed by atoms with van der Waals surface area (Å²) in [5, 5.41) is 0.358. The zero-order chi connectivity index (χ0) is 22.1. The lowest BCUT2D eigenvalue weighted by Gasteiger charge is -2.29. The van der Waals surface area contributed by atoms with Crippen LogP contribution in [0.1, 0.15) is 51.7 Å². The molecule has 1 atom stereocenters. The molecular formula is C21H19F3N2O4. The van der Waals surface area contributed by atoms with Gasteiger partial charge in [0.25, 0.3) is 11.8 Å². The van der Waals surface area contributed by atoms with Crippen LogP contribution in [0.2, 0.25) is 0 Å². The first-order valence-corrected chi connectivity index (χ1v) is 9.29. The Bertz CT molecular complexity index is 951. The van der Waals surface area contributed by atoms with E-state index in [1.165, 1.54) is 24.3 Å². The minimum atomic E-state index is -4.59. The lowest BCUT2D eigenvalue weighted by molar-refractivity contribution is -0.175. The molecule has 2 aromatic carbocycles. The average Bonchev–Trinajstić information content (AvgIpc) is 2.96. The number of imide groups is 1. The second-order valence-corrected chi connectivity index (χ2v) is 6.61. The maximum atomic E-state index is 13.2. The van der Waals surface area contributed by atoms with Gasteiger partial charge in [-0.05, 0) is 42.9 Å². The van der Waals surface area contributed by atoms with Crippen molar-refractivity contribution >= 4 is 17.8 Å². The van der Waals surface area contributed by atoms with Gasteiger partial charge in [-0.3, -0.25) is 14.5 Å². The quantitative estimate of drug-likeness (QED) is 0.665. The maximum absolute atomic E-state index is 13.2. The third-order valence-electron chi connectivity index (χ3n) is 4.87. The van der Waals surface area contributed by atoms with Crippen LogP contribution in [0.4, 0.5) is 13.2 Å². The van der Waals surface area contributed by atoms with Gasteiger partial charge in [0.1, 0.15) is 6.04 Å². The van der Waals surface area contributed by atoms with E-state index in [1.807, 2.05) is 0 Å². The van der Waals surface area contributed by atoms with Gasteiger partial charge >= 0.3 is 12.1 Å². The molecule has 0 fully saturated rings. The lowest BCUT2D eigenvalue weighted by atomic mass is 10.0. The van der Waals surface area contributed by atoms with E-state index in [0.29, 0.717) is 18.2 Å². The molecule has 6 nitrogen and oxygen atoms in total. The normalized spacial score (nSPS) is 14.8. The molecule has 0 spiro atoms. The molecule has 0 saturated heterocycles. The van der Waals surface area contributed by atoms with Crippen molar-refractivity contribution in [2.75, 3.05) is 13.1 Å². The van der Waals surface area contributed by atoms with Crippen LogP contribution in [0.5, 0.6) is 0 Å². The number of benzene rings is 2. The molecule has 0 bridgehead atoms. The molecule has 158 valence electrons. The number of likely N-dealkylation sites (N-methyl/N-ethyl adjacent to an activating group) is 1. The number of hydrogen-bond donors (Lipinski definition) is 0. The van der Waals surface area contributed by atoms with E-state index in [9.17, 15) is 27.6 Å². The van der Waals surface area contributed by atoms with Crippen LogP contribution in [0.25, 0.3) is 0 Å². The molecule has 0 radical (unpaired) electrons. The molecule has 1 heterocycles. The Morgan fingerprint density at radius 2 is 1.57 bits per heavy atom. The highest BCUT2D eigenvalue weighted by atomic mass is 19.4. The molecular weight excluding hydrogens is 401 g/mol. The summed E-state index contributed by atoms with van der Waals surface area (Å²) in [7, 11) is 0. The van der Waals surface area contributed by atoms with Gasteiger partial charge in [-0.25, -0.2) is 4.79 Å². The Morgan fingerprint density at radius 3 is 2.07 bits per heavy atom. The van der Waals surface area contributed by atoms with E-state index in [0.717, 1.165) is 12.1 Å². The van der Waals surface area contributed by atoms with Crippen molar-refractivity contribution in [2.45, 2.75) is 26.1 Å². The molecule has 0 aromatic heterocycles. The Morgan fingerprint density at radius 1 is 1.00 bits per heavy atom. The summed E-state index contributed by atoms with van der Waals surface area (Å²) in [6.07, 6.45) is -4.59. The fourth-order valence-corrected chi connectivity index (χ4v) is 3.36. The number of rotatable bonds is 6. The highest BCUT2D eigenvalue weighted by Crippen LogP contribution is 2.33. The number of halogens is 3. The third kappa shape index (κ3) is 3.93. The third-order valence-corrected chi connectivity index (χ3v) is 4.87. The van der Waals surface area contributed by atoms with Crippen LogP contribution in [-0.4, -0.2) is 40.8 Å². The fraction of sp³-hybridized carbons (Fsp3) is 0.286. The number of nitrogens with zero attached hydrogens (tertiary/aromatic N) is 2. The van der Waals surface area contributed by atoms with E-state index in [2.05, 4.69) is 0 Å². The molecule has 30 heavy (non-hydrogen) atoms. The molecule has 0 aliphatic carbocycles. The Kier molecular flexibility index (Phi) is 5.93. The largest absolute Gasteiger partial charge is 0.416 e. The lowest BCUT2D eigenvalue weighted by Crippen LogP contribution is -2.40. The highest BCUT2D eigenvalue weighted by molar-refractivity contribution is 6.20. The summed E-state index contributed by atoms with van der Waals surface area (Å²) >= 11 is 0. The Labute approximate surface area is 170 Å². The number of hydrogen-bond acceptors (Lipinski definition) is 5. The van der Waals surface area contributed by atoms with Crippen molar-refractivity contribution in [1.82, 2.24) is 9.96 Å². The van der Waals surface area contributed by atoms with E-state index in [4.69, 9.17) is 4.84 Å². The molecule has 2 aromatic rings. The fourth-order valence-electron chi connectivity index (χ4n) is 3.36. The highest BCUT2D eigenvalue weighted by Gasteiger charge is 2.41. The minimum absolute atomic E-state index is 0.0511. The van der Waals surface area contributed by atoms with Crippen molar-refractivity contribution in [1.29, 1.82) is 0 Å². The van der Waals surface area contributed by atoms with E-state index in [1.54, 1.807) is 30.9 Å². The summed E-state index contributed by atoms with van der Waals surface area (Å²) in [6, 6.07) is 9.10. The smallest absolute Gasteiger partial charge is 0.328 e. The van der Waals surface area contributed by atoms with Crippen LogP contribution in [0, 0.1) is 0 Å². The van der Waals surface area contributed by atoms with Gasteiger partial charge in [0.2, 0.25) is 0 Å². The van der Waals surface area contributed by atoms with E-state index >= 15 is 0 Å². The topological polar surface area (TPSA) is 66.9 Å². The summed E-state index contributed by atoms with van der Waals surface area (Å²) in [4.78, 5) is 44.6. The number of carbonyl (C=O) groups is 3. The van der Waals surface area contributed by atoms with Crippen LogP contribution < -0.4 is 0 Å². The van der Waals surface area contributed by atoms with Crippen molar-refractivity contribution in [3.05, 3.63) is 70.8 Å². The van der Waals surface area contributed by atoms with E-state index in [-0.39, 0.29) is 16.7 Å². The van der Waals surface area contributed by atoms with Gasteiger partial charge in [-0.1, -0.05) is 43.2 Å². The molecule has 1 aliphatic heterocycles. The van der Waals surface area contributed by atoms with Crippen LogP contribution >= 0.6 is 0 Å². The molecule has 1 aliphatic rings. The number of alkyl halides is 3. The van der Waals surface area contributed by atoms with Gasteiger partial charge in [-0.15, -0.1) is 0 Å². The van der Waals surface area contributed by atoms with Crippen molar-refractivity contribution in [3.63, 3.8) is 0 Å². The van der Waals surface area contributed by atoms with Crippen molar-refractivity contribution in [2.24, 2.45) is 0 Å². The van der Waals surface area contributed by atoms with Crippen molar-refractivity contribution < 1.29 is 32.4 Å². The summed E-state index contributed by atoms with van der Waals surface area (Å²) in [5.41, 5.74) is -0.677. The van der Waals surface area contributed by atoms with Gasteiger partial charge in [0, 0.05) is 0 Å². The van der Waals surface area contributed by atoms with Gasteiger partial charge in [0.05, 0.1) is 16.7 Å². The zero-order valence-electron chi connectivity index (χ0n) is 16.3. The van der Waals surface area contributed by atoms with Crippen LogP contribution in [-0.2, 0) is 15.8 Å². The van der Waals surface area contributed by atoms with Crippen LogP contribution in [0.15, 0.2) is 48.5 Å². The first kappa shape index (κ1) is 21.5. The zero-order valence-corrected chi connectivity index (χ0v) is 16.3. The second-order valence-electron chi connectivity index (χ2n) is 6.61. The van der Waals surface area contributed by atoms with Crippen LogP contribution in [0.3, 0.4) is 0 Å². The molecule has 0 N–H and O–H groups in total. The standard InChI is InChI=1S/C21H19F3N2O4/c1-3-25(4-2)17(13-8-7-9-14(12-13)21(22,23)24)20(29)30-26-18(27)15-10-5-6-11-16(15)19(26)28/h5-12,17H,3-4H2,1-2H3. The first-order chi connectivity index (χ1) is 14.2. The molecule has 3 rings (SSSR count). The predicted molar refractivity (Wildman–Crippen MR) is 100 cm³/mol. The number of carbonyl (C=O) groups excluding carboxylic acids is 3. The predicted octanol–water partition coefficient (Wildman–Crippen LogP) is 3.84. The second kappa shape index (κ2) is 8.27. The number of amides is 2. The Hall–Kier alpha value is -3.20. The molecule has 1 unspecified atom stereocenters. The first-order valence-electron chi connectivity index (χ1n) is 9.29. The average molecular weight is 420 g/mol. The maximum Gasteiger partial charge on any atom is 0.416 e. The molecule has 0 saturated carbocycles.